The van der Waals surface area contributed by atoms with Crippen molar-refractivity contribution >= 4 is 5.78 Å². The SMILES string of the molecule is CCC1CCC(=O)C(CN(C)C(C)(C)CO)C1. The zero-order chi connectivity index (χ0) is 13.1. The second-order valence-corrected chi connectivity index (χ2v) is 6.06. The van der Waals surface area contributed by atoms with Crippen LogP contribution in [0.25, 0.3) is 0 Å². The molecule has 0 aromatic rings. The monoisotopic (exact) mass is 241 g/mol. The molecule has 0 heterocycles. The van der Waals surface area contributed by atoms with Gasteiger partial charge in [0.25, 0.3) is 0 Å². The quantitative estimate of drug-likeness (QED) is 0.801. The van der Waals surface area contributed by atoms with Crippen molar-refractivity contribution < 1.29 is 9.90 Å². The fourth-order valence-electron chi connectivity index (χ4n) is 2.45. The first kappa shape index (κ1) is 14.7. The number of nitrogens with zero attached hydrogens (tertiary/aromatic N) is 1. The third-order valence-electron chi connectivity index (χ3n) is 4.36. The molecule has 2 atom stereocenters. The van der Waals surface area contributed by atoms with Crippen LogP contribution in [-0.2, 0) is 4.79 Å². The third kappa shape index (κ3) is 3.78. The van der Waals surface area contributed by atoms with Gasteiger partial charge < -0.3 is 5.11 Å². The highest BCUT2D eigenvalue weighted by molar-refractivity contribution is 5.81. The van der Waals surface area contributed by atoms with Crippen LogP contribution in [0.2, 0.25) is 0 Å². The summed E-state index contributed by atoms with van der Waals surface area (Å²) in [5, 5.41) is 9.33. The van der Waals surface area contributed by atoms with Gasteiger partial charge in [0.05, 0.1) is 6.61 Å². The van der Waals surface area contributed by atoms with Crippen molar-refractivity contribution in [2.24, 2.45) is 11.8 Å². The van der Waals surface area contributed by atoms with Gasteiger partial charge >= 0.3 is 0 Å². The summed E-state index contributed by atoms with van der Waals surface area (Å²) in [6.45, 7) is 7.14. The number of rotatable bonds is 5. The molecule has 1 aliphatic rings. The molecule has 1 rings (SSSR count). The zero-order valence-electron chi connectivity index (χ0n) is 11.7. The van der Waals surface area contributed by atoms with Crippen molar-refractivity contribution in [2.75, 3.05) is 20.2 Å². The lowest BCUT2D eigenvalue weighted by atomic mass is 9.79. The van der Waals surface area contributed by atoms with E-state index >= 15 is 0 Å². The molecule has 17 heavy (non-hydrogen) atoms. The first-order valence-electron chi connectivity index (χ1n) is 6.75. The van der Waals surface area contributed by atoms with Crippen LogP contribution in [0, 0.1) is 11.8 Å². The molecule has 1 aliphatic carbocycles. The number of carbonyl (C=O) groups excluding carboxylic acids is 1. The minimum Gasteiger partial charge on any atom is -0.394 e. The molecule has 3 heteroatoms. The number of hydrogen-bond donors (Lipinski definition) is 1. The van der Waals surface area contributed by atoms with Crippen LogP contribution in [0.3, 0.4) is 0 Å². The molecule has 0 amide bonds. The Labute approximate surface area is 105 Å². The van der Waals surface area contributed by atoms with E-state index in [1.807, 2.05) is 20.9 Å². The predicted molar refractivity (Wildman–Crippen MR) is 69.9 cm³/mol. The standard InChI is InChI=1S/C14H27NO2/c1-5-11-6-7-13(17)12(8-11)9-15(4)14(2,3)10-16/h11-12,16H,5-10H2,1-4H3. The Kier molecular flexibility index (Phi) is 5.14. The molecule has 0 aromatic heterocycles. The van der Waals surface area contributed by atoms with Gasteiger partial charge in [-0.3, -0.25) is 9.69 Å². The van der Waals surface area contributed by atoms with Gasteiger partial charge in [-0.05, 0) is 39.7 Å². The maximum atomic E-state index is 11.9. The van der Waals surface area contributed by atoms with Gasteiger partial charge in [0, 0.05) is 24.4 Å². The smallest absolute Gasteiger partial charge is 0.137 e. The molecular weight excluding hydrogens is 214 g/mol. The second kappa shape index (κ2) is 5.96. The molecule has 1 fully saturated rings. The van der Waals surface area contributed by atoms with Crippen LogP contribution >= 0.6 is 0 Å². The van der Waals surface area contributed by atoms with Crippen molar-refractivity contribution in [3.05, 3.63) is 0 Å². The number of hydrogen-bond acceptors (Lipinski definition) is 3. The lowest BCUT2D eigenvalue weighted by Crippen LogP contribution is -2.48. The minimum absolute atomic E-state index is 0.127. The molecule has 2 unspecified atom stereocenters. The highest BCUT2D eigenvalue weighted by Gasteiger charge is 2.32. The number of Topliss-reactive ketones (excluding diaryl/α,β-unsaturated/α-hetero) is 1. The lowest BCUT2D eigenvalue weighted by molar-refractivity contribution is -0.126. The molecule has 0 saturated heterocycles. The average molecular weight is 241 g/mol. The van der Waals surface area contributed by atoms with Crippen LogP contribution in [-0.4, -0.2) is 41.5 Å². The van der Waals surface area contributed by atoms with E-state index in [-0.39, 0.29) is 18.1 Å². The molecular formula is C14H27NO2. The molecule has 3 nitrogen and oxygen atoms in total. The fourth-order valence-corrected chi connectivity index (χ4v) is 2.45. The Balaban J connectivity index is 2.57. The highest BCUT2D eigenvalue weighted by Crippen LogP contribution is 2.30. The summed E-state index contributed by atoms with van der Waals surface area (Å²) in [7, 11) is 2.00. The molecule has 100 valence electrons. The van der Waals surface area contributed by atoms with Gasteiger partial charge in [0.1, 0.15) is 5.78 Å². The van der Waals surface area contributed by atoms with Gasteiger partial charge in [-0.15, -0.1) is 0 Å². The predicted octanol–water partition coefficient (Wildman–Crippen LogP) is 2.08. The number of carbonyl (C=O) groups is 1. The Morgan fingerprint density at radius 3 is 2.65 bits per heavy atom. The normalized spacial score (nSPS) is 26.6. The molecule has 0 bridgehead atoms. The van der Waals surface area contributed by atoms with Gasteiger partial charge in [-0.2, -0.15) is 0 Å². The summed E-state index contributed by atoms with van der Waals surface area (Å²) in [4.78, 5) is 14.0. The topological polar surface area (TPSA) is 40.5 Å². The second-order valence-electron chi connectivity index (χ2n) is 6.06. The van der Waals surface area contributed by atoms with Crippen LogP contribution in [0.4, 0.5) is 0 Å². The number of ketones is 1. The van der Waals surface area contributed by atoms with Crippen molar-refractivity contribution in [2.45, 2.75) is 52.0 Å². The maximum Gasteiger partial charge on any atom is 0.137 e. The largest absolute Gasteiger partial charge is 0.394 e. The van der Waals surface area contributed by atoms with E-state index in [4.69, 9.17) is 0 Å². The molecule has 0 spiro atoms. The average Bonchev–Trinajstić information content (AvgIpc) is 2.31. The van der Waals surface area contributed by atoms with E-state index in [1.54, 1.807) is 0 Å². The summed E-state index contributed by atoms with van der Waals surface area (Å²) in [5.74, 6) is 1.29. The Morgan fingerprint density at radius 2 is 2.12 bits per heavy atom. The highest BCUT2D eigenvalue weighted by atomic mass is 16.3. The number of likely N-dealkylation sites (N-methyl/N-ethyl adjacent to an activating group) is 1. The van der Waals surface area contributed by atoms with Crippen LogP contribution in [0.15, 0.2) is 0 Å². The van der Waals surface area contributed by atoms with E-state index in [1.165, 1.54) is 6.42 Å². The van der Waals surface area contributed by atoms with Crippen molar-refractivity contribution in [1.82, 2.24) is 4.90 Å². The van der Waals surface area contributed by atoms with E-state index in [0.717, 1.165) is 25.8 Å². The Hall–Kier alpha value is -0.410. The lowest BCUT2D eigenvalue weighted by Gasteiger charge is -2.38. The molecule has 0 radical (unpaired) electrons. The van der Waals surface area contributed by atoms with E-state index in [2.05, 4.69) is 11.8 Å². The summed E-state index contributed by atoms with van der Waals surface area (Å²) in [5.41, 5.74) is -0.237. The first-order valence-corrected chi connectivity index (χ1v) is 6.75. The molecule has 0 aliphatic heterocycles. The summed E-state index contributed by atoms with van der Waals surface area (Å²) < 4.78 is 0. The number of aliphatic hydroxyl groups is 1. The third-order valence-corrected chi connectivity index (χ3v) is 4.36. The van der Waals surface area contributed by atoms with Crippen LogP contribution < -0.4 is 0 Å². The van der Waals surface area contributed by atoms with Crippen LogP contribution in [0.1, 0.15) is 46.5 Å². The van der Waals surface area contributed by atoms with E-state index in [9.17, 15) is 9.90 Å². The van der Waals surface area contributed by atoms with Gasteiger partial charge in [-0.1, -0.05) is 13.3 Å². The minimum atomic E-state index is -0.237. The van der Waals surface area contributed by atoms with E-state index in [0.29, 0.717) is 11.7 Å². The van der Waals surface area contributed by atoms with Gasteiger partial charge in [-0.25, -0.2) is 0 Å². The van der Waals surface area contributed by atoms with E-state index < -0.39 is 0 Å². The molecule has 0 aromatic carbocycles. The number of aliphatic hydroxyl groups excluding tert-OH is 1. The van der Waals surface area contributed by atoms with Gasteiger partial charge in [0.2, 0.25) is 0 Å². The van der Waals surface area contributed by atoms with Crippen LogP contribution in [0.5, 0.6) is 0 Å². The van der Waals surface area contributed by atoms with Crippen molar-refractivity contribution in [3.63, 3.8) is 0 Å². The Bertz CT molecular complexity index is 263. The van der Waals surface area contributed by atoms with Gasteiger partial charge in [0.15, 0.2) is 0 Å². The fraction of sp³-hybridized carbons (Fsp3) is 0.929. The summed E-state index contributed by atoms with van der Waals surface area (Å²) >= 11 is 0. The zero-order valence-corrected chi connectivity index (χ0v) is 11.7. The first-order chi connectivity index (χ1) is 7.90. The Morgan fingerprint density at radius 1 is 1.47 bits per heavy atom. The molecule has 1 N–H and O–H groups in total. The summed E-state index contributed by atoms with van der Waals surface area (Å²) in [6, 6.07) is 0. The van der Waals surface area contributed by atoms with Crippen molar-refractivity contribution in [3.8, 4) is 0 Å². The van der Waals surface area contributed by atoms with Crippen molar-refractivity contribution in [1.29, 1.82) is 0 Å². The maximum absolute atomic E-state index is 11.9. The summed E-state index contributed by atoms with van der Waals surface area (Å²) in [6.07, 6.45) is 4.02. The molecule has 1 saturated carbocycles.